The van der Waals surface area contributed by atoms with Gasteiger partial charge in [-0.3, -0.25) is 9.69 Å². The molecule has 1 atom stereocenters. The molecule has 1 fully saturated rings. The van der Waals surface area contributed by atoms with Gasteiger partial charge in [0.15, 0.2) is 5.75 Å². The number of anilines is 1. The van der Waals surface area contributed by atoms with E-state index in [4.69, 9.17) is 9.72 Å². The van der Waals surface area contributed by atoms with Gasteiger partial charge in [0.25, 0.3) is 0 Å². The molecule has 2 heterocycles. The van der Waals surface area contributed by atoms with Crippen LogP contribution in [0.2, 0.25) is 0 Å². The van der Waals surface area contributed by atoms with E-state index >= 15 is 0 Å². The number of hydrogen-bond acceptors (Lipinski definition) is 5. The molecular weight excluding hydrogens is 406 g/mol. The number of carbonyl (C=O) groups is 1. The maximum absolute atomic E-state index is 12.9. The molecule has 0 unspecified atom stereocenters. The summed E-state index contributed by atoms with van der Waals surface area (Å²) in [5.74, 6) is 1.32. The van der Waals surface area contributed by atoms with Crippen LogP contribution < -0.4 is 10.1 Å². The van der Waals surface area contributed by atoms with Crippen molar-refractivity contribution in [1.82, 2.24) is 9.88 Å². The second kappa shape index (κ2) is 8.88. The summed E-state index contributed by atoms with van der Waals surface area (Å²) >= 11 is 1.73. The number of aromatic nitrogens is 1. The van der Waals surface area contributed by atoms with Crippen LogP contribution in [-0.2, 0) is 4.79 Å². The molecule has 156 valence electrons. The van der Waals surface area contributed by atoms with Gasteiger partial charge in [0.05, 0.1) is 28.5 Å². The first kappa shape index (κ1) is 19.7. The fraction of sp³-hybridized carbons (Fsp3) is 0.200. The highest BCUT2D eigenvalue weighted by molar-refractivity contribution is 7.18. The van der Waals surface area contributed by atoms with E-state index in [0.717, 1.165) is 35.7 Å². The van der Waals surface area contributed by atoms with Gasteiger partial charge in [-0.1, -0.05) is 42.5 Å². The molecule has 6 heteroatoms. The Morgan fingerprint density at radius 2 is 1.81 bits per heavy atom. The molecule has 5 rings (SSSR count). The van der Waals surface area contributed by atoms with Crippen molar-refractivity contribution in [2.24, 2.45) is 0 Å². The van der Waals surface area contributed by atoms with Crippen molar-refractivity contribution in [1.29, 1.82) is 0 Å². The molecule has 1 N–H and O–H groups in total. The molecule has 1 saturated heterocycles. The number of carbonyl (C=O) groups excluding carboxylic acids is 1. The second-order valence-electron chi connectivity index (χ2n) is 7.61. The van der Waals surface area contributed by atoms with Gasteiger partial charge in [0.1, 0.15) is 10.8 Å². The summed E-state index contributed by atoms with van der Waals surface area (Å²) in [4.78, 5) is 19.9. The molecule has 0 bridgehead atoms. The van der Waals surface area contributed by atoms with E-state index in [1.807, 2.05) is 72.8 Å². The molecule has 4 aromatic rings. The SMILES string of the molecule is O=C(CN1CCC[C@H]1c1nc2ccccc2s1)Nc1ccccc1Oc1ccccc1. The van der Waals surface area contributed by atoms with E-state index in [1.165, 1.54) is 4.70 Å². The van der Waals surface area contributed by atoms with Gasteiger partial charge < -0.3 is 10.1 Å². The number of likely N-dealkylation sites (tertiary alicyclic amines) is 1. The zero-order valence-corrected chi connectivity index (χ0v) is 17.8. The highest BCUT2D eigenvalue weighted by Crippen LogP contribution is 2.36. The van der Waals surface area contributed by atoms with Crippen molar-refractivity contribution in [3.8, 4) is 11.5 Å². The molecule has 31 heavy (non-hydrogen) atoms. The lowest BCUT2D eigenvalue weighted by Crippen LogP contribution is -2.33. The van der Waals surface area contributed by atoms with E-state index in [9.17, 15) is 4.79 Å². The first-order valence-electron chi connectivity index (χ1n) is 10.5. The quantitative estimate of drug-likeness (QED) is 0.417. The van der Waals surface area contributed by atoms with Crippen molar-refractivity contribution >= 4 is 33.1 Å². The first-order chi connectivity index (χ1) is 15.3. The van der Waals surface area contributed by atoms with Gasteiger partial charge in [0.2, 0.25) is 5.91 Å². The largest absolute Gasteiger partial charge is 0.455 e. The maximum atomic E-state index is 12.9. The van der Waals surface area contributed by atoms with Crippen LogP contribution in [0, 0.1) is 0 Å². The Kier molecular flexibility index (Phi) is 5.65. The average molecular weight is 430 g/mol. The third kappa shape index (κ3) is 4.45. The van der Waals surface area contributed by atoms with Crippen LogP contribution in [0.5, 0.6) is 11.5 Å². The van der Waals surface area contributed by atoms with Crippen molar-refractivity contribution in [3.05, 3.63) is 83.9 Å². The van der Waals surface area contributed by atoms with Crippen LogP contribution in [0.15, 0.2) is 78.9 Å². The topological polar surface area (TPSA) is 54.5 Å². The van der Waals surface area contributed by atoms with E-state index in [0.29, 0.717) is 18.0 Å². The molecule has 3 aromatic carbocycles. The first-order valence-corrected chi connectivity index (χ1v) is 11.3. The van der Waals surface area contributed by atoms with E-state index in [-0.39, 0.29) is 11.9 Å². The maximum Gasteiger partial charge on any atom is 0.238 e. The summed E-state index contributed by atoms with van der Waals surface area (Å²) in [6, 6.07) is 25.5. The fourth-order valence-corrected chi connectivity index (χ4v) is 5.11. The van der Waals surface area contributed by atoms with Gasteiger partial charge >= 0.3 is 0 Å². The molecule has 1 aliphatic rings. The smallest absolute Gasteiger partial charge is 0.238 e. The molecular formula is C25H23N3O2S. The molecule has 1 aliphatic heterocycles. The second-order valence-corrected chi connectivity index (χ2v) is 8.67. The Bertz CT molecular complexity index is 1160. The predicted octanol–water partition coefficient (Wildman–Crippen LogP) is 5.86. The average Bonchev–Trinajstić information content (AvgIpc) is 3.42. The summed E-state index contributed by atoms with van der Waals surface area (Å²) in [5, 5.41) is 4.13. The molecule has 0 aliphatic carbocycles. The Hall–Kier alpha value is -3.22. The summed E-state index contributed by atoms with van der Waals surface area (Å²) in [6.45, 7) is 1.23. The summed E-state index contributed by atoms with van der Waals surface area (Å²) < 4.78 is 7.16. The summed E-state index contributed by atoms with van der Waals surface area (Å²) in [6.07, 6.45) is 2.10. The van der Waals surface area contributed by atoms with Crippen LogP contribution >= 0.6 is 11.3 Å². The van der Waals surface area contributed by atoms with Gasteiger partial charge in [-0.2, -0.15) is 0 Å². The van der Waals surface area contributed by atoms with Crippen LogP contribution in [0.3, 0.4) is 0 Å². The minimum Gasteiger partial charge on any atom is -0.455 e. The number of benzene rings is 3. The third-order valence-corrected chi connectivity index (χ3v) is 6.58. The van der Waals surface area contributed by atoms with Gasteiger partial charge in [-0.05, 0) is 55.8 Å². The van der Waals surface area contributed by atoms with Gasteiger partial charge in [-0.15, -0.1) is 11.3 Å². The number of rotatable bonds is 6. The molecule has 0 spiro atoms. The highest BCUT2D eigenvalue weighted by atomic mass is 32.1. The normalized spacial score (nSPS) is 16.5. The highest BCUT2D eigenvalue weighted by Gasteiger charge is 2.30. The lowest BCUT2D eigenvalue weighted by molar-refractivity contribution is -0.117. The zero-order chi connectivity index (χ0) is 21.0. The lowest BCUT2D eigenvalue weighted by atomic mass is 10.2. The fourth-order valence-electron chi connectivity index (χ4n) is 3.98. The number of thiazole rings is 1. The molecule has 5 nitrogen and oxygen atoms in total. The Morgan fingerprint density at radius 1 is 1.03 bits per heavy atom. The minimum atomic E-state index is -0.0443. The van der Waals surface area contributed by atoms with Gasteiger partial charge in [0, 0.05) is 0 Å². The van der Waals surface area contributed by atoms with Crippen LogP contribution in [0.1, 0.15) is 23.9 Å². The van der Waals surface area contributed by atoms with Crippen molar-refractivity contribution in [3.63, 3.8) is 0 Å². The van der Waals surface area contributed by atoms with E-state index < -0.39 is 0 Å². The van der Waals surface area contributed by atoms with Gasteiger partial charge in [-0.25, -0.2) is 4.98 Å². The summed E-state index contributed by atoms with van der Waals surface area (Å²) in [5.41, 5.74) is 1.71. The molecule has 1 aromatic heterocycles. The molecule has 1 amide bonds. The molecule has 0 radical (unpaired) electrons. The van der Waals surface area contributed by atoms with Crippen molar-refractivity contribution < 1.29 is 9.53 Å². The number of amides is 1. The number of hydrogen-bond donors (Lipinski definition) is 1. The van der Waals surface area contributed by atoms with Crippen molar-refractivity contribution in [2.75, 3.05) is 18.4 Å². The monoisotopic (exact) mass is 429 g/mol. The van der Waals surface area contributed by atoms with E-state index in [2.05, 4.69) is 16.3 Å². The number of fused-ring (bicyclic) bond motifs is 1. The van der Waals surface area contributed by atoms with Crippen LogP contribution in [-0.4, -0.2) is 28.9 Å². The number of para-hydroxylation sites is 4. The minimum absolute atomic E-state index is 0.0443. The Morgan fingerprint density at radius 3 is 2.68 bits per heavy atom. The third-order valence-electron chi connectivity index (χ3n) is 5.44. The number of nitrogens with zero attached hydrogens (tertiary/aromatic N) is 2. The predicted molar refractivity (Wildman–Crippen MR) is 125 cm³/mol. The van der Waals surface area contributed by atoms with Crippen LogP contribution in [0.4, 0.5) is 5.69 Å². The standard InChI is InChI=1S/C25H23N3O2S/c29-24(26-19-11-4-6-14-22(19)30-18-9-2-1-3-10-18)17-28-16-8-13-21(28)25-27-20-12-5-7-15-23(20)31-25/h1-7,9-12,14-15,21H,8,13,16-17H2,(H,26,29)/t21-/m0/s1. The Labute approximate surface area is 185 Å². The van der Waals surface area contributed by atoms with E-state index in [1.54, 1.807) is 11.3 Å². The number of nitrogens with one attached hydrogen (secondary N) is 1. The zero-order valence-electron chi connectivity index (χ0n) is 17.0. The summed E-state index contributed by atoms with van der Waals surface area (Å²) in [7, 11) is 0. The van der Waals surface area contributed by atoms with Crippen LogP contribution in [0.25, 0.3) is 10.2 Å². The number of ether oxygens (including phenoxy) is 1. The molecule has 0 saturated carbocycles. The lowest BCUT2D eigenvalue weighted by Gasteiger charge is -2.22. The van der Waals surface area contributed by atoms with Crippen molar-refractivity contribution in [2.45, 2.75) is 18.9 Å². The Balaban J connectivity index is 1.28.